The predicted octanol–water partition coefficient (Wildman–Crippen LogP) is 8.01. The third kappa shape index (κ3) is 8.39. The molecule has 0 aliphatic heterocycles. The zero-order valence-corrected chi connectivity index (χ0v) is 28.2. The first kappa shape index (κ1) is 33.2. The highest BCUT2D eigenvalue weighted by molar-refractivity contribution is 7.17. The zero-order valence-electron chi connectivity index (χ0n) is 26.5. The normalized spacial score (nSPS) is 13.8. The van der Waals surface area contributed by atoms with Crippen molar-refractivity contribution in [3.05, 3.63) is 131 Å². The average Bonchev–Trinajstić information content (AvgIpc) is 3.80. The highest BCUT2D eigenvalue weighted by Gasteiger charge is 2.29. The lowest BCUT2D eigenvalue weighted by atomic mass is 10.1. The quantitative estimate of drug-likeness (QED) is 0.0679. The van der Waals surface area contributed by atoms with Gasteiger partial charge in [-0.1, -0.05) is 60.7 Å². The van der Waals surface area contributed by atoms with Crippen molar-refractivity contribution in [3.63, 3.8) is 0 Å². The second-order valence-electron chi connectivity index (χ2n) is 11.1. The number of nitrogens with one attached hydrogen (secondary N) is 2. The van der Waals surface area contributed by atoms with Crippen molar-refractivity contribution < 1.29 is 28.5 Å². The molecule has 246 valence electrons. The van der Waals surface area contributed by atoms with Crippen molar-refractivity contribution >= 4 is 54.8 Å². The van der Waals surface area contributed by atoms with Crippen LogP contribution in [0.25, 0.3) is 20.2 Å². The molecule has 6 aromatic rings. The van der Waals surface area contributed by atoms with Crippen LogP contribution in [-0.4, -0.2) is 38.5 Å². The number of thiophene rings is 2. The van der Waals surface area contributed by atoms with Gasteiger partial charge in [-0.05, 0) is 95.3 Å². The van der Waals surface area contributed by atoms with Crippen molar-refractivity contribution in [3.8, 4) is 11.5 Å². The molecule has 2 heterocycles. The SMILES string of the molecule is CNC(C[C@@H](Oc1ccc2sccc2c1)c1ccccc1)OC(=O)C(=O)OC(C[C@@H](Oc1ccc2sccc2c1)c1ccccc1)NC. The highest BCUT2D eigenvalue weighted by atomic mass is 32.1. The van der Waals surface area contributed by atoms with Crippen LogP contribution in [0.1, 0.15) is 36.2 Å². The number of hydrogen-bond donors (Lipinski definition) is 2. The summed E-state index contributed by atoms with van der Waals surface area (Å²) in [5.74, 6) is -0.836. The number of benzene rings is 4. The molecule has 0 fully saturated rings. The van der Waals surface area contributed by atoms with Gasteiger partial charge in [0.25, 0.3) is 0 Å². The lowest BCUT2D eigenvalue weighted by Crippen LogP contribution is -2.40. The molecule has 0 saturated carbocycles. The minimum absolute atomic E-state index is 0.245. The first-order valence-electron chi connectivity index (χ1n) is 15.6. The molecule has 4 aromatic carbocycles. The standard InChI is InChI=1S/C38H36N2O6S2/c1-39-35(23-31(25-9-5-3-6-10-25)43-29-13-15-33-27(21-29)17-19-47-33)45-37(41)38(42)46-36(40-2)24-32(26-11-7-4-8-12-26)44-30-14-16-34-28(22-30)18-20-48-34/h3-22,31-32,35-36,39-40H,23-24H2,1-2H3/t31-,32-,35?,36?/m1/s1. The monoisotopic (exact) mass is 680 g/mol. The molecule has 48 heavy (non-hydrogen) atoms. The Kier molecular flexibility index (Phi) is 11.0. The lowest BCUT2D eigenvalue weighted by Gasteiger charge is -2.26. The Hall–Kier alpha value is -4.74. The van der Waals surface area contributed by atoms with E-state index in [4.69, 9.17) is 18.9 Å². The summed E-state index contributed by atoms with van der Waals surface area (Å²) in [6.07, 6.45) is -2.11. The van der Waals surface area contributed by atoms with Crippen LogP contribution in [0.5, 0.6) is 11.5 Å². The van der Waals surface area contributed by atoms with Crippen LogP contribution >= 0.6 is 22.7 Å². The van der Waals surface area contributed by atoms with Crippen molar-refractivity contribution in [2.45, 2.75) is 37.5 Å². The van der Waals surface area contributed by atoms with Crippen LogP contribution in [0.3, 0.4) is 0 Å². The third-order valence-corrected chi connectivity index (χ3v) is 9.71. The van der Waals surface area contributed by atoms with E-state index < -0.39 is 36.6 Å². The summed E-state index contributed by atoms with van der Waals surface area (Å²) in [5, 5.41) is 12.2. The number of ether oxygens (including phenoxy) is 4. The maximum absolute atomic E-state index is 13.1. The molecule has 2 N–H and O–H groups in total. The fraction of sp³-hybridized carbons (Fsp3) is 0.211. The molecule has 0 bridgehead atoms. The van der Waals surface area contributed by atoms with Crippen molar-refractivity contribution in [2.75, 3.05) is 14.1 Å². The number of carbonyl (C=O) groups excluding carboxylic acids is 2. The number of rotatable bonds is 14. The van der Waals surface area contributed by atoms with Gasteiger partial charge in [0, 0.05) is 22.2 Å². The molecule has 2 aromatic heterocycles. The van der Waals surface area contributed by atoms with Gasteiger partial charge in [0.05, 0.1) is 0 Å². The van der Waals surface area contributed by atoms with Gasteiger partial charge in [-0.3, -0.25) is 10.6 Å². The van der Waals surface area contributed by atoms with E-state index in [1.807, 2.05) is 120 Å². The fourth-order valence-electron chi connectivity index (χ4n) is 5.40. The van der Waals surface area contributed by atoms with E-state index in [1.165, 1.54) is 9.40 Å². The van der Waals surface area contributed by atoms with Gasteiger partial charge >= 0.3 is 11.9 Å². The van der Waals surface area contributed by atoms with Crippen LogP contribution in [0.15, 0.2) is 120 Å². The molecule has 2 unspecified atom stereocenters. The van der Waals surface area contributed by atoms with Gasteiger partial charge in [0.2, 0.25) is 0 Å². The van der Waals surface area contributed by atoms with E-state index in [0.717, 1.165) is 21.9 Å². The summed E-state index contributed by atoms with van der Waals surface area (Å²) in [6.45, 7) is 0. The van der Waals surface area contributed by atoms with Gasteiger partial charge in [0.15, 0.2) is 12.5 Å². The summed E-state index contributed by atoms with van der Waals surface area (Å²) in [4.78, 5) is 26.1. The van der Waals surface area contributed by atoms with Gasteiger partial charge < -0.3 is 18.9 Å². The Morgan fingerprint density at radius 2 is 1.00 bits per heavy atom. The Morgan fingerprint density at radius 1 is 0.583 bits per heavy atom. The number of esters is 2. The molecule has 0 saturated heterocycles. The molecule has 6 rings (SSSR count). The van der Waals surface area contributed by atoms with Crippen LogP contribution in [0.2, 0.25) is 0 Å². The Bertz CT molecular complexity index is 1800. The maximum Gasteiger partial charge on any atom is 0.419 e. The molecule has 10 heteroatoms. The average molecular weight is 681 g/mol. The second kappa shape index (κ2) is 15.9. The third-order valence-electron chi connectivity index (χ3n) is 7.91. The zero-order chi connectivity index (χ0) is 33.3. The second-order valence-corrected chi connectivity index (χ2v) is 13.0. The highest BCUT2D eigenvalue weighted by Crippen LogP contribution is 2.32. The van der Waals surface area contributed by atoms with Crippen molar-refractivity contribution in [1.29, 1.82) is 0 Å². The van der Waals surface area contributed by atoms with Gasteiger partial charge in [-0.2, -0.15) is 0 Å². The first-order chi connectivity index (χ1) is 23.5. The van der Waals surface area contributed by atoms with E-state index in [0.29, 0.717) is 11.5 Å². The van der Waals surface area contributed by atoms with Gasteiger partial charge in [0.1, 0.15) is 23.7 Å². The first-order valence-corrected chi connectivity index (χ1v) is 17.4. The van der Waals surface area contributed by atoms with Gasteiger partial charge in [-0.15, -0.1) is 22.7 Å². The predicted molar refractivity (Wildman–Crippen MR) is 190 cm³/mol. The summed E-state index contributed by atoms with van der Waals surface area (Å²) < 4.78 is 26.4. The Balaban J connectivity index is 1.11. The van der Waals surface area contributed by atoms with Crippen LogP contribution in [0, 0.1) is 0 Å². The lowest BCUT2D eigenvalue weighted by molar-refractivity contribution is -0.177. The fourth-order valence-corrected chi connectivity index (χ4v) is 6.94. The Morgan fingerprint density at radius 3 is 1.40 bits per heavy atom. The Labute approximate surface area is 287 Å². The van der Waals surface area contributed by atoms with E-state index in [1.54, 1.807) is 36.8 Å². The molecule has 0 aliphatic carbocycles. The summed E-state index contributed by atoms with van der Waals surface area (Å²) >= 11 is 3.33. The van der Waals surface area contributed by atoms with Crippen LogP contribution in [-0.2, 0) is 19.1 Å². The smallest absolute Gasteiger partial charge is 0.419 e. The molecular weight excluding hydrogens is 645 g/mol. The summed E-state index contributed by atoms with van der Waals surface area (Å²) in [5.41, 5.74) is 1.81. The van der Waals surface area contributed by atoms with Crippen molar-refractivity contribution in [2.24, 2.45) is 0 Å². The van der Waals surface area contributed by atoms with E-state index in [2.05, 4.69) is 10.6 Å². The molecule has 0 spiro atoms. The minimum Gasteiger partial charge on any atom is -0.486 e. The van der Waals surface area contributed by atoms with Crippen LogP contribution in [0.4, 0.5) is 0 Å². The van der Waals surface area contributed by atoms with E-state index in [-0.39, 0.29) is 12.8 Å². The summed E-state index contributed by atoms with van der Waals surface area (Å²) in [7, 11) is 3.32. The minimum atomic E-state index is -1.11. The summed E-state index contributed by atoms with van der Waals surface area (Å²) in [6, 6.07) is 35.4. The van der Waals surface area contributed by atoms with E-state index in [9.17, 15) is 9.59 Å². The number of carbonyl (C=O) groups is 2. The molecule has 0 amide bonds. The molecular formula is C38H36N2O6S2. The molecule has 0 aliphatic rings. The largest absolute Gasteiger partial charge is 0.486 e. The molecule has 8 nitrogen and oxygen atoms in total. The van der Waals surface area contributed by atoms with Gasteiger partial charge in [-0.25, -0.2) is 9.59 Å². The topological polar surface area (TPSA) is 95.1 Å². The molecule has 4 atom stereocenters. The number of fused-ring (bicyclic) bond motifs is 2. The van der Waals surface area contributed by atoms with Crippen LogP contribution < -0.4 is 20.1 Å². The maximum atomic E-state index is 13.1. The van der Waals surface area contributed by atoms with Crippen molar-refractivity contribution in [1.82, 2.24) is 10.6 Å². The molecule has 0 radical (unpaired) electrons. The van der Waals surface area contributed by atoms with E-state index >= 15 is 0 Å². The number of hydrogen-bond acceptors (Lipinski definition) is 10.